The van der Waals surface area contributed by atoms with E-state index in [4.69, 9.17) is 29.5 Å². The van der Waals surface area contributed by atoms with Crippen molar-refractivity contribution in [2.75, 3.05) is 52.9 Å². The Hall–Kier alpha value is -0.240. The van der Waals surface area contributed by atoms with Crippen LogP contribution in [0.5, 0.6) is 0 Å². The van der Waals surface area contributed by atoms with Crippen molar-refractivity contribution in [2.45, 2.75) is 12.5 Å². The van der Waals surface area contributed by atoms with Gasteiger partial charge in [0.1, 0.15) is 0 Å². The fourth-order valence-electron chi connectivity index (χ4n) is 1.03. The third-order valence-electron chi connectivity index (χ3n) is 1.84. The molecule has 98 valence electrons. The summed E-state index contributed by atoms with van der Waals surface area (Å²) in [7, 11) is 0. The Kier molecular flexibility index (Phi) is 12.6. The van der Waals surface area contributed by atoms with Gasteiger partial charge in [-0.25, -0.2) is 0 Å². The predicted molar refractivity (Wildman–Crippen MR) is 57.3 cm³/mol. The molecule has 1 atom stereocenters. The van der Waals surface area contributed by atoms with Crippen LogP contribution in [0.2, 0.25) is 0 Å². The molecule has 0 aliphatic rings. The van der Waals surface area contributed by atoms with Crippen molar-refractivity contribution in [1.82, 2.24) is 0 Å². The standard InChI is InChI=1S/C10H22O6/c11-2-1-10(9-13)16-8-7-15-6-5-14-4-3-12/h10-13H,1-9H2. The number of hydrogen-bond acceptors (Lipinski definition) is 6. The molecular formula is C10H22O6. The fourth-order valence-corrected chi connectivity index (χ4v) is 1.03. The quantitative estimate of drug-likeness (QED) is 0.369. The lowest BCUT2D eigenvalue weighted by molar-refractivity contribution is -0.0371. The van der Waals surface area contributed by atoms with Gasteiger partial charge in [0.05, 0.1) is 52.4 Å². The van der Waals surface area contributed by atoms with Crippen LogP contribution in [0.1, 0.15) is 6.42 Å². The summed E-state index contributed by atoms with van der Waals surface area (Å²) in [4.78, 5) is 0. The highest BCUT2D eigenvalue weighted by Gasteiger charge is 2.05. The second-order valence-electron chi connectivity index (χ2n) is 3.14. The Balaban J connectivity index is 3.12. The normalized spacial score (nSPS) is 12.9. The summed E-state index contributed by atoms with van der Waals surface area (Å²) < 4.78 is 15.4. The summed E-state index contributed by atoms with van der Waals surface area (Å²) in [5.41, 5.74) is 0. The van der Waals surface area contributed by atoms with E-state index < -0.39 is 0 Å². The molecule has 0 aromatic carbocycles. The van der Waals surface area contributed by atoms with Gasteiger partial charge in [-0.1, -0.05) is 0 Å². The summed E-state index contributed by atoms with van der Waals surface area (Å²) in [6.45, 7) is 1.94. The van der Waals surface area contributed by atoms with Gasteiger partial charge in [-0.05, 0) is 6.42 Å². The van der Waals surface area contributed by atoms with Gasteiger partial charge in [-0.3, -0.25) is 0 Å². The van der Waals surface area contributed by atoms with Gasteiger partial charge in [0.2, 0.25) is 0 Å². The number of aliphatic hydroxyl groups is 3. The average Bonchev–Trinajstić information content (AvgIpc) is 2.31. The first-order valence-electron chi connectivity index (χ1n) is 5.44. The van der Waals surface area contributed by atoms with Crippen LogP contribution in [0, 0.1) is 0 Å². The molecule has 6 nitrogen and oxygen atoms in total. The predicted octanol–water partition coefficient (Wildman–Crippen LogP) is -1.23. The van der Waals surface area contributed by atoms with Crippen molar-refractivity contribution < 1.29 is 29.5 Å². The molecule has 0 radical (unpaired) electrons. The van der Waals surface area contributed by atoms with E-state index in [0.717, 1.165) is 0 Å². The van der Waals surface area contributed by atoms with Crippen LogP contribution in [0.15, 0.2) is 0 Å². The molecule has 0 fully saturated rings. The van der Waals surface area contributed by atoms with Gasteiger partial charge in [0.25, 0.3) is 0 Å². The molecule has 0 amide bonds. The SMILES string of the molecule is OCCOCCOCCOC(CO)CCO. The van der Waals surface area contributed by atoms with Crippen LogP contribution in [0.3, 0.4) is 0 Å². The molecule has 16 heavy (non-hydrogen) atoms. The van der Waals surface area contributed by atoms with Crippen LogP contribution in [-0.2, 0) is 14.2 Å². The van der Waals surface area contributed by atoms with Crippen LogP contribution in [-0.4, -0.2) is 74.3 Å². The van der Waals surface area contributed by atoms with Crippen molar-refractivity contribution in [2.24, 2.45) is 0 Å². The van der Waals surface area contributed by atoms with Gasteiger partial charge in [0, 0.05) is 6.61 Å². The zero-order valence-electron chi connectivity index (χ0n) is 9.51. The number of hydrogen-bond donors (Lipinski definition) is 3. The third kappa shape index (κ3) is 10.3. The van der Waals surface area contributed by atoms with Crippen LogP contribution in [0.25, 0.3) is 0 Å². The third-order valence-corrected chi connectivity index (χ3v) is 1.84. The largest absolute Gasteiger partial charge is 0.396 e. The maximum absolute atomic E-state index is 8.84. The molecule has 0 aromatic heterocycles. The Morgan fingerprint density at radius 2 is 1.38 bits per heavy atom. The van der Waals surface area contributed by atoms with Crippen molar-refractivity contribution in [3.8, 4) is 0 Å². The van der Waals surface area contributed by atoms with E-state index in [2.05, 4.69) is 0 Å². The van der Waals surface area contributed by atoms with E-state index in [1.165, 1.54) is 0 Å². The maximum atomic E-state index is 8.84. The van der Waals surface area contributed by atoms with E-state index in [1.807, 2.05) is 0 Å². The number of ether oxygens (including phenoxy) is 3. The molecule has 0 saturated carbocycles. The summed E-state index contributed by atoms with van der Waals surface area (Å²) in [5, 5.41) is 25.9. The Bertz CT molecular complexity index is 132. The molecule has 0 rings (SSSR count). The van der Waals surface area contributed by atoms with Gasteiger partial charge < -0.3 is 29.5 Å². The highest BCUT2D eigenvalue weighted by atomic mass is 16.5. The van der Waals surface area contributed by atoms with Crippen LogP contribution >= 0.6 is 0 Å². The van der Waals surface area contributed by atoms with Crippen LogP contribution in [0.4, 0.5) is 0 Å². The average molecular weight is 238 g/mol. The van der Waals surface area contributed by atoms with E-state index >= 15 is 0 Å². The molecule has 6 heteroatoms. The topological polar surface area (TPSA) is 88.4 Å². The first kappa shape index (κ1) is 15.8. The first-order valence-corrected chi connectivity index (χ1v) is 5.44. The lowest BCUT2D eigenvalue weighted by Crippen LogP contribution is -2.22. The van der Waals surface area contributed by atoms with E-state index in [0.29, 0.717) is 39.5 Å². The van der Waals surface area contributed by atoms with Gasteiger partial charge in [0.15, 0.2) is 0 Å². The molecule has 0 spiro atoms. The monoisotopic (exact) mass is 238 g/mol. The van der Waals surface area contributed by atoms with Crippen molar-refractivity contribution in [3.63, 3.8) is 0 Å². The minimum atomic E-state index is -0.320. The smallest absolute Gasteiger partial charge is 0.0828 e. The molecule has 0 bridgehead atoms. The molecule has 3 N–H and O–H groups in total. The second-order valence-corrected chi connectivity index (χ2v) is 3.14. The zero-order valence-corrected chi connectivity index (χ0v) is 9.51. The van der Waals surface area contributed by atoms with E-state index in [9.17, 15) is 0 Å². The minimum absolute atomic E-state index is 0.00107. The second kappa shape index (κ2) is 12.8. The lowest BCUT2D eigenvalue weighted by Gasteiger charge is -2.13. The van der Waals surface area contributed by atoms with E-state index in [-0.39, 0.29) is 25.9 Å². The summed E-state index contributed by atoms with van der Waals surface area (Å²) in [6, 6.07) is 0. The first-order chi connectivity index (χ1) is 7.85. The maximum Gasteiger partial charge on any atom is 0.0828 e. The Morgan fingerprint density at radius 1 is 0.750 bits per heavy atom. The molecule has 1 unspecified atom stereocenters. The van der Waals surface area contributed by atoms with E-state index in [1.54, 1.807) is 0 Å². The van der Waals surface area contributed by atoms with Crippen molar-refractivity contribution in [1.29, 1.82) is 0 Å². The summed E-state index contributed by atoms with van der Waals surface area (Å²) >= 11 is 0. The molecular weight excluding hydrogens is 216 g/mol. The lowest BCUT2D eigenvalue weighted by atomic mass is 10.3. The van der Waals surface area contributed by atoms with Gasteiger partial charge in [-0.2, -0.15) is 0 Å². The Morgan fingerprint density at radius 3 is 1.94 bits per heavy atom. The summed E-state index contributed by atoms with van der Waals surface area (Å²) in [5.74, 6) is 0. The number of aliphatic hydroxyl groups excluding tert-OH is 3. The molecule has 0 heterocycles. The van der Waals surface area contributed by atoms with Gasteiger partial charge in [-0.15, -0.1) is 0 Å². The highest BCUT2D eigenvalue weighted by molar-refractivity contribution is 4.53. The number of rotatable bonds is 12. The fraction of sp³-hybridized carbons (Fsp3) is 1.00. The van der Waals surface area contributed by atoms with Crippen molar-refractivity contribution in [3.05, 3.63) is 0 Å². The molecule has 0 aliphatic heterocycles. The molecule has 0 aliphatic carbocycles. The van der Waals surface area contributed by atoms with Gasteiger partial charge >= 0.3 is 0 Å². The zero-order chi connectivity index (χ0) is 12.1. The molecule has 0 saturated heterocycles. The highest BCUT2D eigenvalue weighted by Crippen LogP contribution is 1.96. The van der Waals surface area contributed by atoms with Crippen LogP contribution < -0.4 is 0 Å². The minimum Gasteiger partial charge on any atom is -0.396 e. The Labute approximate surface area is 95.7 Å². The van der Waals surface area contributed by atoms with Crippen molar-refractivity contribution >= 4 is 0 Å². The molecule has 0 aromatic rings. The summed E-state index contributed by atoms with van der Waals surface area (Å²) in [6.07, 6.45) is 0.107.